The maximum absolute atomic E-state index is 12.6. The van der Waals surface area contributed by atoms with Gasteiger partial charge in [0.05, 0.1) is 17.9 Å². The average molecular weight is 596 g/mol. The van der Waals surface area contributed by atoms with Crippen LogP contribution in [0.25, 0.3) is 6.08 Å². The van der Waals surface area contributed by atoms with Crippen LogP contribution in [0.5, 0.6) is 0 Å². The van der Waals surface area contributed by atoms with Crippen molar-refractivity contribution >= 4 is 40.8 Å². The molecule has 0 fully saturated rings. The molecule has 6 heteroatoms. The van der Waals surface area contributed by atoms with Crippen LogP contribution in [0, 0.1) is 0 Å². The van der Waals surface area contributed by atoms with Crippen LogP contribution in [-0.4, -0.2) is 25.1 Å². The summed E-state index contributed by atoms with van der Waals surface area (Å²) < 4.78 is 11.5. The normalized spacial score (nSPS) is 11.5. The number of hydrogen-bond donors (Lipinski definition) is 1. The lowest BCUT2D eigenvalue weighted by atomic mass is 10.1. The predicted molar refractivity (Wildman–Crippen MR) is 184 cm³/mol. The van der Waals surface area contributed by atoms with Gasteiger partial charge in [-0.3, -0.25) is 0 Å². The first-order valence-corrected chi connectivity index (χ1v) is 15.1. The summed E-state index contributed by atoms with van der Waals surface area (Å²) in [7, 11) is 0. The van der Waals surface area contributed by atoms with Crippen molar-refractivity contribution in [3.8, 4) is 0 Å². The largest absolute Gasteiger partial charge is 0.462 e. The number of benzene rings is 5. The van der Waals surface area contributed by atoms with Crippen LogP contribution in [0.3, 0.4) is 0 Å². The number of ether oxygens (including phenoxy) is 2. The minimum absolute atomic E-state index is 0.282. The summed E-state index contributed by atoms with van der Waals surface area (Å²) in [6.07, 6.45) is 2.75. The lowest BCUT2D eigenvalue weighted by molar-refractivity contribution is 0.0527. The molecular weight excluding hydrogens is 558 g/mol. The number of anilines is 3. The minimum atomic E-state index is -0.423. The Morgan fingerprint density at radius 2 is 1.29 bits per heavy atom. The molecule has 5 aromatic rings. The Labute approximate surface area is 265 Å². The van der Waals surface area contributed by atoms with Crippen LogP contribution < -0.4 is 10.2 Å². The van der Waals surface area contributed by atoms with E-state index in [9.17, 15) is 4.79 Å². The van der Waals surface area contributed by atoms with Crippen LogP contribution in [-0.2, 0) is 15.9 Å². The van der Waals surface area contributed by atoms with Gasteiger partial charge in [0, 0.05) is 23.6 Å². The average Bonchev–Trinajstić information content (AvgIpc) is 3.07. The summed E-state index contributed by atoms with van der Waals surface area (Å²) in [6, 6.07) is 46.6. The summed E-state index contributed by atoms with van der Waals surface area (Å²) in [6.45, 7) is 4.55. The molecule has 1 N–H and O–H groups in total. The van der Waals surface area contributed by atoms with Crippen molar-refractivity contribution in [1.82, 2.24) is 5.32 Å². The molecule has 0 amide bonds. The summed E-state index contributed by atoms with van der Waals surface area (Å²) in [5, 5.41) is 3.32. The second kappa shape index (κ2) is 15.7. The van der Waals surface area contributed by atoms with Gasteiger partial charge in [0.25, 0.3) is 6.02 Å². The summed E-state index contributed by atoms with van der Waals surface area (Å²) in [4.78, 5) is 19.5. The van der Waals surface area contributed by atoms with Crippen molar-refractivity contribution in [2.45, 2.75) is 20.3 Å². The second-order valence-electron chi connectivity index (χ2n) is 10.3. The molecule has 0 aliphatic carbocycles. The highest BCUT2D eigenvalue weighted by Gasteiger charge is 2.14. The van der Waals surface area contributed by atoms with Crippen molar-refractivity contribution in [2.75, 3.05) is 18.1 Å². The summed E-state index contributed by atoms with van der Waals surface area (Å²) in [5.74, 6) is 0.221. The fraction of sp³-hybridized carbons (Fsp3) is 0.128. The first kappa shape index (κ1) is 30.8. The van der Waals surface area contributed by atoms with Gasteiger partial charge in [-0.2, -0.15) is 4.99 Å². The molecule has 45 heavy (non-hydrogen) atoms. The Bertz CT molecular complexity index is 1680. The van der Waals surface area contributed by atoms with E-state index in [0.717, 1.165) is 29.0 Å². The third-order valence-electron chi connectivity index (χ3n) is 6.96. The first-order valence-electron chi connectivity index (χ1n) is 15.1. The number of carbonyl (C=O) groups excluding carboxylic acids is 1. The third kappa shape index (κ3) is 8.71. The van der Waals surface area contributed by atoms with Crippen molar-refractivity contribution < 1.29 is 14.3 Å². The number of nitrogens with one attached hydrogen (secondary N) is 1. The zero-order valence-electron chi connectivity index (χ0n) is 25.6. The van der Waals surface area contributed by atoms with Gasteiger partial charge in [0.2, 0.25) is 0 Å². The summed E-state index contributed by atoms with van der Waals surface area (Å²) in [5.41, 5.74) is 6.23. The van der Waals surface area contributed by atoms with Gasteiger partial charge in [-0.25, -0.2) is 4.79 Å². The van der Waals surface area contributed by atoms with Crippen LogP contribution in [0.4, 0.5) is 22.7 Å². The number of hydrogen-bond acceptors (Lipinski definition) is 5. The topological polar surface area (TPSA) is 63.2 Å². The molecule has 0 heterocycles. The molecule has 0 aliphatic heterocycles. The number of para-hydroxylation sites is 3. The smallest absolute Gasteiger partial charge is 0.340 e. The van der Waals surface area contributed by atoms with Gasteiger partial charge in [0.1, 0.15) is 5.76 Å². The van der Waals surface area contributed by atoms with Crippen LogP contribution >= 0.6 is 0 Å². The molecule has 226 valence electrons. The van der Waals surface area contributed by atoms with Crippen molar-refractivity contribution in [3.05, 3.63) is 162 Å². The Kier molecular flexibility index (Phi) is 10.8. The SMILES string of the molecule is CCOC(=O)c1ccccc1/N=C(/NCCc1ccccc1)O/C(C)=C/c1ccc(N(c2ccccc2)c2ccccc2)cc1. The van der Waals surface area contributed by atoms with Gasteiger partial charge in [-0.05, 0) is 86.0 Å². The number of aliphatic imine (C=N–C) groups is 1. The van der Waals surface area contributed by atoms with Gasteiger partial charge in [-0.15, -0.1) is 0 Å². The number of carbonyl (C=O) groups is 1. The zero-order chi connectivity index (χ0) is 31.3. The Balaban J connectivity index is 1.38. The van der Waals surface area contributed by atoms with E-state index in [1.807, 2.05) is 73.7 Å². The minimum Gasteiger partial charge on any atom is -0.462 e. The number of allylic oxidation sites excluding steroid dienone is 1. The highest BCUT2D eigenvalue weighted by molar-refractivity contribution is 5.96. The van der Waals surface area contributed by atoms with Crippen LogP contribution in [0.15, 0.2) is 150 Å². The van der Waals surface area contributed by atoms with Crippen molar-refractivity contribution in [3.63, 3.8) is 0 Å². The number of esters is 1. The second-order valence-corrected chi connectivity index (χ2v) is 10.3. The van der Waals surface area contributed by atoms with E-state index in [0.29, 0.717) is 29.6 Å². The molecule has 5 aromatic carbocycles. The van der Waals surface area contributed by atoms with Gasteiger partial charge >= 0.3 is 5.97 Å². The highest BCUT2D eigenvalue weighted by atomic mass is 16.5. The maximum atomic E-state index is 12.6. The standard InChI is InChI=1S/C39H37N3O3/c1-3-44-38(43)36-21-13-14-22-37(36)41-39(40-28-27-31-15-7-4-8-16-31)45-30(2)29-32-23-25-35(26-24-32)42(33-17-9-5-10-18-33)34-19-11-6-12-20-34/h4-26,29H,3,27-28H2,1-2H3,(H,40,41)/b30-29+. The molecule has 0 atom stereocenters. The first-order chi connectivity index (χ1) is 22.1. The Morgan fingerprint density at radius 1 is 0.733 bits per heavy atom. The van der Waals surface area contributed by atoms with Gasteiger partial charge < -0.3 is 19.7 Å². The molecule has 0 radical (unpaired) electrons. The lowest BCUT2D eigenvalue weighted by Gasteiger charge is -2.25. The fourth-order valence-corrected chi connectivity index (χ4v) is 4.86. The van der Waals surface area contributed by atoms with E-state index in [2.05, 4.69) is 70.9 Å². The van der Waals surface area contributed by atoms with E-state index < -0.39 is 5.97 Å². The predicted octanol–water partition coefficient (Wildman–Crippen LogP) is 9.23. The third-order valence-corrected chi connectivity index (χ3v) is 6.96. The highest BCUT2D eigenvalue weighted by Crippen LogP contribution is 2.34. The molecule has 0 aromatic heterocycles. The van der Waals surface area contributed by atoms with E-state index in [-0.39, 0.29) is 6.61 Å². The van der Waals surface area contributed by atoms with Crippen molar-refractivity contribution in [2.24, 2.45) is 4.99 Å². The van der Waals surface area contributed by atoms with Gasteiger partial charge in [-0.1, -0.05) is 91.0 Å². The quantitative estimate of drug-likeness (QED) is 0.0714. The van der Waals surface area contributed by atoms with Crippen LogP contribution in [0.2, 0.25) is 0 Å². The molecule has 0 bridgehead atoms. The maximum Gasteiger partial charge on any atom is 0.340 e. The molecule has 0 saturated carbocycles. The van der Waals surface area contributed by atoms with E-state index >= 15 is 0 Å². The molecule has 0 unspecified atom stereocenters. The molecular formula is C39H37N3O3. The molecule has 0 spiro atoms. The van der Waals surface area contributed by atoms with Crippen molar-refractivity contribution in [1.29, 1.82) is 0 Å². The summed E-state index contributed by atoms with van der Waals surface area (Å²) >= 11 is 0. The molecule has 0 aliphatic rings. The van der Waals surface area contributed by atoms with Crippen LogP contribution in [0.1, 0.15) is 35.3 Å². The van der Waals surface area contributed by atoms with E-state index in [1.165, 1.54) is 5.56 Å². The Hall–Kier alpha value is -5.62. The molecule has 5 rings (SSSR count). The molecule has 6 nitrogen and oxygen atoms in total. The lowest BCUT2D eigenvalue weighted by Crippen LogP contribution is -2.27. The fourth-order valence-electron chi connectivity index (χ4n) is 4.86. The van der Waals surface area contributed by atoms with E-state index in [1.54, 1.807) is 25.1 Å². The molecule has 0 saturated heterocycles. The Morgan fingerprint density at radius 3 is 1.91 bits per heavy atom. The monoisotopic (exact) mass is 595 g/mol. The van der Waals surface area contributed by atoms with Gasteiger partial charge in [0.15, 0.2) is 0 Å². The zero-order valence-corrected chi connectivity index (χ0v) is 25.6. The number of rotatable bonds is 11. The number of amidine groups is 1. The van der Waals surface area contributed by atoms with E-state index in [4.69, 9.17) is 14.5 Å². The number of nitrogens with zero attached hydrogens (tertiary/aromatic N) is 2.